The highest BCUT2D eigenvalue weighted by molar-refractivity contribution is 5.94. The number of hydrogen-bond donors (Lipinski definition) is 5. The van der Waals surface area contributed by atoms with Crippen molar-refractivity contribution in [2.24, 2.45) is 0 Å². The van der Waals surface area contributed by atoms with Gasteiger partial charge in [-0.2, -0.15) is 0 Å². The standard InChI is InChI=1S/C16H24O8/c1-13(20)4-5-15(22)14(2,21)6-9(17)10-8(7-23-3)11(18)24-16(10,15)12(13)19/h9,12,17,19-22H,4-7H2,1-3H3/t9-,12-,13+,14+,15-,16-/m0/s1. The number of hydrogen-bond acceptors (Lipinski definition) is 8. The van der Waals surface area contributed by atoms with Crippen LogP contribution in [0.3, 0.4) is 0 Å². The molecule has 8 heteroatoms. The Balaban J connectivity index is 2.31. The number of esters is 1. The van der Waals surface area contributed by atoms with Crippen LogP contribution in [0.2, 0.25) is 0 Å². The van der Waals surface area contributed by atoms with Crippen LogP contribution in [0.1, 0.15) is 33.1 Å². The van der Waals surface area contributed by atoms with E-state index in [2.05, 4.69) is 0 Å². The van der Waals surface area contributed by atoms with Crippen molar-refractivity contribution in [3.8, 4) is 0 Å². The molecule has 8 nitrogen and oxygen atoms in total. The fraction of sp³-hybridized carbons (Fsp3) is 0.812. The molecule has 24 heavy (non-hydrogen) atoms. The summed E-state index contributed by atoms with van der Waals surface area (Å²) in [5.74, 6) is -0.848. The molecule has 1 heterocycles. The van der Waals surface area contributed by atoms with Crippen LogP contribution in [0.5, 0.6) is 0 Å². The van der Waals surface area contributed by atoms with Crippen LogP contribution in [0, 0.1) is 0 Å². The van der Waals surface area contributed by atoms with E-state index < -0.39 is 40.6 Å². The van der Waals surface area contributed by atoms with Crippen LogP contribution in [-0.2, 0) is 14.3 Å². The number of methoxy groups -OCH3 is 1. The zero-order valence-electron chi connectivity index (χ0n) is 13.9. The summed E-state index contributed by atoms with van der Waals surface area (Å²) in [5.41, 5.74) is -7.71. The second-order valence-electron chi connectivity index (χ2n) is 7.56. The smallest absolute Gasteiger partial charge is 0.337 e. The van der Waals surface area contributed by atoms with Crippen molar-refractivity contribution >= 4 is 5.97 Å². The molecule has 0 amide bonds. The third kappa shape index (κ3) is 1.86. The number of carbonyl (C=O) groups is 1. The fourth-order valence-corrected chi connectivity index (χ4v) is 4.57. The molecule has 0 unspecified atom stereocenters. The third-order valence-corrected chi connectivity index (χ3v) is 5.91. The maximum Gasteiger partial charge on any atom is 0.337 e. The number of ether oxygens (including phenoxy) is 2. The second kappa shape index (κ2) is 5.00. The summed E-state index contributed by atoms with van der Waals surface area (Å²) < 4.78 is 10.4. The van der Waals surface area contributed by atoms with Crippen LogP contribution < -0.4 is 0 Å². The third-order valence-electron chi connectivity index (χ3n) is 5.91. The molecule has 0 aromatic rings. The summed E-state index contributed by atoms with van der Waals surface area (Å²) in [6.45, 7) is 2.51. The predicted octanol–water partition coefficient (Wildman–Crippen LogP) is -1.62. The minimum absolute atomic E-state index is 0.00400. The topological polar surface area (TPSA) is 137 Å². The summed E-state index contributed by atoms with van der Waals surface area (Å²) in [5, 5.41) is 54.0. The van der Waals surface area contributed by atoms with E-state index in [1.165, 1.54) is 21.0 Å². The van der Waals surface area contributed by atoms with E-state index in [1.807, 2.05) is 0 Å². The molecule has 1 aliphatic heterocycles. The van der Waals surface area contributed by atoms with Gasteiger partial charge < -0.3 is 35.0 Å². The van der Waals surface area contributed by atoms with E-state index in [0.29, 0.717) is 0 Å². The maximum atomic E-state index is 12.4. The highest BCUT2D eigenvalue weighted by Crippen LogP contribution is 2.60. The van der Waals surface area contributed by atoms with Gasteiger partial charge >= 0.3 is 5.97 Å². The van der Waals surface area contributed by atoms with E-state index in [0.717, 1.165) is 0 Å². The van der Waals surface area contributed by atoms with Gasteiger partial charge in [0.05, 0.1) is 29.5 Å². The summed E-state index contributed by atoms with van der Waals surface area (Å²) in [7, 11) is 1.36. The predicted molar refractivity (Wildman–Crippen MR) is 79.8 cm³/mol. The van der Waals surface area contributed by atoms with Gasteiger partial charge in [0.25, 0.3) is 0 Å². The summed E-state index contributed by atoms with van der Waals surface area (Å²) >= 11 is 0. The monoisotopic (exact) mass is 344 g/mol. The first-order valence-electron chi connectivity index (χ1n) is 7.94. The molecule has 0 aromatic carbocycles. The molecule has 2 aliphatic carbocycles. The molecule has 1 spiro atoms. The van der Waals surface area contributed by atoms with E-state index >= 15 is 0 Å². The van der Waals surface area contributed by atoms with Crippen LogP contribution >= 0.6 is 0 Å². The Labute approximate surface area is 139 Å². The lowest BCUT2D eigenvalue weighted by molar-refractivity contribution is -0.320. The zero-order chi connectivity index (χ0) is 18.1. The molecule has 3 rings (SSSR count). The Bertz CT molecular complexity index is 609. The minimum atomic E-state index is -2.12. The molecule has 3 aliphatic rings. The second-order valence-corrected chi connectivity index (χ2v) is 7.56. The van der Waals surface area contributed by atoms with Gasteiger partial charge in [-0.25, -0.2) is 4.79 Å². The first-order valence-corrected chi connectivity index (χ1v) is 7.94. The van der Waals surface area contributed by atoms with Gasteiger partial charge in [-0.1, -0.05) is 0 Å². The quantitative estimate of drug-likeness (QED) is 0.377. The highest BCUT2D eigenvalue weighted by Gasteiger charge is 2.78. The van der Waals surface area contributed by atoms with E-state index in [4.69, 9.17) is 9.47 Å². The average molecular weight is 344 g/mol. The number of rotatable bonds is 2. The van der Waals surface area contributed by atoms with Gasteiger partial charge in [0.15, 0.2) is 5.60 Å². The molecule has 0 aromatic heterocycles. The van der Waals surface area contributed by atoms with Crippen LogP contribution in [0.25, 0.3) is 0 Å². The van der Waals surface area contributed by atoms with Gasteiger partial charge in [0.1, 0.15) is 11.7 Å². The van der Waals surface area contributed by atoms with Crippen LogP contribution in [0.15, 0.2) is 11.1 Å². The molecule has 0 saturated heterocycles. The fourth-order valence-electron chi connectivity index (χ4n) is 4.57. The minimum Gasteiger partial charge on any atom is -0.445 e. The summed E-state index contributed by atoms with van der Waals surface area (Å²) in [6.07, 6.45) is -3.42. The van der Waals surface area contributed by atoms with Crippen LogP contribution in [-0.4, -0.2) is 79.8 Å². The molecule has 2 fully saturated rings. The van der Waals surface area contributed by atoms with Crippen molar-refractivity contribution in [2.45, 2.75) is 67.7 Å². The first-order chi connectivity index (χ1) is 10.9. The number of aliphatic hydroxyl groups is 5. The van der Waals surface area contributed by atoms with Gasteiger partial charge in [-0.3, -0.25) is 0 Å². The zero-order valence-corrected chi connectivity index (χ0v) is 13.9. The summed E-state index contributed by atoms with van der Waals surface area (Å²) in [6, 6.07) is 0. The van der Waals surface area contributed by atoms with E-state index in [-0.39, 0.29) is 37.0 Å². The highest BCUT2D eigenvalue weighted by atomic mass is 16.6. The van der Waals surface area contributed by atoms with Crippen molar-refractivity contribution in [3.63, 3.8) is 0 Å². The van der Waals surface area contributed by atoms with Gasteiger partial charge in [-0.05, 0) is 26.7 Å². The molecule has 0 radical (unpaired) electrons. The Morgan fingerprint density at radius 2 is 1.83 bits per heavy atom. The normalized spacial score (nSPS) is 51.2. The van der Waals surface area contributed by atoms with Gasteiger partial charge in [-0.15, -0.1) is 0 Å². The molecule has 0 bridgehead atoms. The summed E-state index contributed by atoms with van der Waals surface area (Å²) in [4.78, 5) is 12.4. The lowest BCUT2D eigenvalue weighted by Gasteiger charge is -2.62. The molecular formula is C16H24O8. The van der Waals surface area contributed by atoms with Crippen molar-refractivity contribution in [1.82, 2.24) is 0 Å². The van der Waals surface area contributed by atoms with Crippen molar-refractivity contribution in [2.75, 3.05) is 13.7 Å². The lowest BCUT2D eigenvalue weighted by atomic mass is 9.51. The van der Waals surface area contributed by atoms with Crippen molar-refractivity contribution < 1.29 is 39.8 Å². The Hall–Kier alpha value is -1.03. The van der Waals surface area contributed by atoms with Gasteiger partial charge in [0, 0.05) is 19.1 Å². The molecule has 6 atom stereocenters. The number of aliphatic hydroxyl groups excluding tert-OH is 2. The average Bonchev–Trinajstić information content (AvgIpc) is 2.76. The Kier molecular flexibility index (Phi) is 3.70. The molecule has 2 saturated carbocycles. The Morgan fingerprint density at radius 3 is 2.42 bits per heavy atom. The first kappa shape index (κ1) is 17.8. The Morgan fingerprint density at radius 1 is 1.21 bits per heavy atom. The van der Waals surface area contributed by atoms with Crippen molar-refractivity contribution in [1.29, 1.82) is 0 Å². The molecular weight excluding hydrogens is 320 g/mol. The molecule has 5 N–H and O–H groups in total. The maximum absolute atomic E-state index is 12.4. The molecule has 136 valence electrons. The largest absolute Gasteiger partial charge is 0.445 e. The van der Waals surface area contributed by atoms with E-state index in [9.17, 15) is 30.3 Å². The van der Waals surface area contributed by atoms with E-state index in [1.54, 1.807) is 0 Å². The van der Waals surface area contributed by atoms with Crippen LogP contribution in [0.4, 0.5) is 0 Å². The van der Waals surface area contributed by atoms with Crippen molar-refractivity contribution in [3.05, 3.63) is 11.1 Å². The number of carbonyl (C=O) groups excluding carboxylic acids is 1. The SMILES string of the molecule is COCC1=C2[C@@H](O)C[C@@](C)(O)[C@@]3(O)CC[C@@](C)(O)[C@H](O)[C@@]23OC1=O. The lowest BCUT2D eigenvalue weighted by Crippen LogP contribution is -2.81. The van der Waals surface area contributed by atoms with Gasteiger partial charge in [0.2, 0.25) is 0 Å².